The number of nitrogens with zero attached hydrogens (tertiary/aromatic N) is 3. The number of hydrogen-bond donors (Lipinski definition) is 1. The first-order valence-corrected chi connectivity index (χ1v) is 9.88. The lowest BCUT2D eigenvalue weighted by molar-refractivity contribution is 0.188. The molecular formula is C22H30N4O. The van der Waals surface area contributed by atoms with Gasteiger partial charge in [0.25, 0.3) is 0 Å². The van der Waals surface area contributed by atoms with Crippen molar-refractivity contribution in [2.75, 3.05) is 24.5 Å². The highest BCUT2D eigenvalue weighted by molar-refractivity contribution is 5.75. The zero-order valence-corrected chi connectivity index (χ0v) is 16.3. The van der Waals surface area contributed by atoms with Crippen LogP contribution in [0.15, 0.2) is 54.7 Å². The number of pyridine rings is 1. The van der Waals surface area contributed by atoms with Crippen molar-refractivity contribution in [1.29, 1.82) is 0 Å². The van der Waals surface area contributed by atoms with E-state index in [-0.39, 0.29) is 6.03 Å². The summed E-state index contributed by atoms with van der Waals surface area (Å²) in [6.07, 6.45) is 4.08. The summed E-state index contributed by atoms with van der Waals surface area (Å²) < 4.78 is 0. The largest absolute Gasteiger partial charge is 0.351 e. The summed E-state index contributed by atoms with van der Waals surface area (Å²) in [7, 11) is 0. The van der Waals surface area contributed by atoms with Gasteiger partial charge in [0, 0.05) is 38.4 Å². The van der Waals surface area contributed by atoms with Crippen molar-refractivity contribution in [2.45, 2.75) is 39.3 Å². The highest BCUT2D eigenvalue weighted by Crippen LogP contribution is 2.27. The quantitative estimate of drug-likeness (QED) is 0.732. The zero-order valence-electron chi connectivity index (χ0n) is 16.3. The number of amides is 2. The smallest absolute Gasteiger partial charge is 0.317 e. The van der Waals surface area contributed by atoms with Crippen LogP contribution < -0.4 is 10.2 Å². The van der Waals surface area contributed by atoms with E-state index in [2.05, 4.69) is 41.2 Å². The molecule has 0 unspecified atom stereocenters. The molecule has 0 bridgehead atoms. The lowest BCUT2D eigenvalue weighted by Gasteiger charge is -2.27. The molecule has 0 saturated heterocycles. The molecule has 2 amide bonds. The molecule has 1 saturated carbocycles. The first kappa shape index (κ1) is 19.2. The van der Waals surface area contributed by atoms with Crippen LogP contribution in [0.4, 0.5) is 10.6 Å². The van der Waals surface area contributed by atoms with Crippen molar-refractivity contribution in [3.05, 3.63) is 60.3 Å². The molecule has 1 heterocycles. The maximum absolute atomic E-state index is 12.6. The third-order valence-electron chi connectivity index (χ3n) is 4.66. The van der Waals surface area contributed by atoms with Crippen LogP contribution >= 0.6 is 0 Å². The maximum atomic E-state index is 12.6. The topological polar surface area (TPSA) is 48.5 Å². The van der Waals surface area contributed by atoms with Crippen molar-refractivity contribution in [3.8, 4) is 0 Å². The monoisotopic (exact) mass is 366 g/mol. The zero-order chi connectivity index (χ0) is 19.1. The van der Waals surface area contributed by atoms with E-state index in [1.165, 1.54) is 5.56 Å². The minimum atomic E-state index is 0.0619. The normalized spacial score (nSPS) is 13.4. The number of aromatic nitrogens is 1. The van der Waals surface area contributed by atoms with Crippen LogP contribution in [0.3, 0.4) is 0 Å². The fraction of sp³-hybridized carbons (Fsp3) is 0.455. The molecule has 1 aromatic carbocycles. The van der Waals surface area contributed by atoms with Gasteiger partial charge in [-0.2, -0.15) is 0 Å². The van der Waals surface area contributed by atoms with Gasteiger partial charge in [-0.25, -0.2) is 9.78 Å². The van der Waals surface area contributed by atoms with Gasteiger partial charge in [0.15, 0.2) is 0 Å². The van der Waals surface area contributed by atoms with Crippen molar-refractivity contribution in [1.82, 2.24) is 15.2 Å². The van der Waals surface area contributed by atoms with Crippen LogP contribution in [-0.2, 0) is 6.54 Å². The van der Waals surface area contributed by atoms with E-state index in [1.807, 2.05) is 47.5 Å². The molecule has 27 heavy (non-hydrogen) atoms. The summed E-state index contributed by atoms with van der Waals surface area (Å²) in [5.41, 5.74) is 1.23. The SMILES string of the molecule is CC(C)CN(C(=O)NCCN(Cc1ccccc1)c1ccccn1)C1CC1. The molecule has 5 nitrogen and oxygen atoms in total. The molecule has 3 rings (SSSR count). The molecule has 2 aromatic rings. The predicted molar refractivity (Wildman–Crippen MR) is 110 cm³/mol. The van der Waals surface area contributed by atoms with E-state index >= 15 is 0 Å². The summed E-state index contributed by atoms with van der Waals surface area (Å²) in [4.78, 5) is 21.3. The van der Waals surface area contributed by atoms with E-state index < -0.39 is 0 Å². The van der Waals surface area contributed by atoms with E-state index in [0.717, 1.165) is 38.3 Å². The summed E-state index contributed by atoms with van der Waals surface area (Å²) in [6.45, 7) is 7.23. The van der Waals surface area contributed by atoms with E-state index in [0.29, 0.717) is 18.5 Å². The Hall–Kier alpha value is -2.56. The fourth-order valence-corrected chi connectivity index (χ4v) is 3.20. The number of carbonyl (C=O) groups excluding carboxylic acids is 1. The van der Waals surface area contributed by atoms with Gasteiger partial charge in [-0.15, -0.1) is 0 Å². The standard InChI is InChI=1S/C22H30N4O/c1-18(2)16-26(20-11-12-20)22(27)24-14-15-25(21-10-6-7-13-23-21)17-19-8-4-3-5-9-19/h3-10,13,18,20H,11-12,14-17H2,1-2H3,(H,24,27). The summed E-state index contributed by atoms with van der Waals surface area (Å²) in [6, 6.07) is 16.8. The number of rotatable bonds is 9. The predicted octanol–water partition coefficient (Wildman–Crippen LogP) is 3.92. The minimum absolute atomic E-state index is 0.0619. The van der Waals surface area contributed by atoms with Crippen LogP contribution in [0.5, 0.6) is 0 Å². The van der Waals surface area contributed by atoms with Gasteiger partial charge in [0.2, 0.25) is 0 Å². The molecule has 5 heteroatoms. The first-order valence-electron chi connectivity index (χ1n) is 9.88. The molecule has 1 aliphatic rings. The second-order valence-electron chi connectivity index (χ2n) is 7.60. The number of benzene rings is 1. The molecule has 1 aliphatic carbocycles. The third kappa shape index (κ3) is 5.98. The Balaban J connectivity index is 1.58. The Labute approximate surface area is 162 Å². The highest BCUT2D eigenvalue weighted by Gasteiger charge is 2.32. The third-order valence-corrected chi connectivity index (χ3v) is 4.66. The number of anilines is 1. The van der Waals surface area contributed by atoms with Crippen molar-refractivity contribution >= 4 is 11.8 Å². The average molecular weight is 367 g/mol. The number of carbonyl (C=O) groups is 1. The molecule has 0 radical (unpaired) electrons. The molecule has 0 atom stereocenters. The fourth-order valence-electron chi connectivity index (χ4n) is 3.20. The van der Waals surface area contributed by atoms with Crippen LogP contribution in [0.25, 0.3) is 0 Å². The second kappa shape index (κ2) is 9.40. The Morgan fingerprint density at radius 3 is 2.52 bits per heavy atom. The van der Waals surface area contributed by atoms with E-state index in [9.17, 15) is 4.79 Å². The number of hydrogen-bond acceptors (Lipinski definition) is 3. The van der Waals surface area contributed by atoms with Crippen LogP contribution in [-0.4, -0.2) is 41.6 Å². The minimum Gasteiger partial charge on any atom is -0.351 e. The molecule has 1 aromatic heterocycles. The Morgan fingerprint density at radius 2 is 1.89 bits per heavy atom. The molecule has 144 valence electrons. The number of nitrogens with one attached hydrogen (secondary N) is 1. The molecule has 0 spiro atoms. The summed E-state index contributed by atoms with van der Waals surface area (Å²) >= 11 is 0. The van der Waals surface area contributed by atoms with Gasteiger partial charge in [0.05, 0.1) is 0 Å². The second-order valence-corrected chi connectivity index (χ2v) is 7.60. The van der Waals surface area contributed by atoms with Gasteiger partial charge in [0.1, 0.15) is 5.82 Å². The highest BCUT2D eigenvalue weighted by atomic mass is 16.2. The summed E-state index contributed by atoms with van der Waals surface area (Å²) in [5, 5.41) is 3.11. The van der Waals surface area contributed by atoms with Gasteiger partial charge in [-0.1, -0.05) is 50.2 Å². The molecule has 1 fully saturated rings. The van der Waals surface area contributed by atoms with Gasteiger partial charge in [-0.05, 0) is 36.5 Å². The van der Waals surface area contributed by atoms with Crippen LogP contribution in [0.1, 0.15) is 32.3 Å². The average Bonchev–Trinajstić information content (AvgIpc) is 3.51. The lowest BCUT2D eigenvalue weighted by atomic mass is 10.2. The van der Waals surface area contributed by atoms with E-state index in [4.69, 9.17) is 0 Å². The summed E-state index contributed by atoms with van der Waals surface area (Å²) in [5.74, 6) is 1.41. The van der Waals surface area contributed by atoms with Gasteiger partial charge < -0.3 is 15.1 Å². The van der Waals surface area contributed by atoms with Gasteiger partial charge >= 0.3 is 6.03 Å². The van der Waals surface area contributed by atoms with Crippen LogP contribution in [0.2, 0.25) is 0 Å². The van der Waals surface area contributed by atoms with Crippen molar-refractivity contribution in [3.63, 3.8) is 0 Å². The maximum Gasteiger partial charge on any atom is 0.317 e. The van der Waals surface area contributed by atoms with E-state index in [1.54, 1.807) is 0 Å². The first-order chi connectivity index (χ1) is 13.1. The molecule has 1 N–H and O–H groups in total. The molecular weight excluding hydrogens is 336 g/mol. The number of urea groups is 1. The lowest BCUT2D eigenvalue weighted by Crippen LogP contribution is -2.45. The van der Waals surface area contributed by atoms with Crippen molar-refractivity contribution in [2.24, 2.45) is 5.92 Å². The van der Waals surface area contributed by atoms with Crippen molar-refractivity contribution < 1.29 is 4.79 Å². The Kier molecular flexibility index (Phi) is 6.69. The Bertz CT molecular complexity index is 701. The Morgan fingerprint density at radius 1 is 1.15 bits per heavy atom. The van der Waals surface area contributed by atoms with Gasteiger partial charge in [-0.3, -0.25) is 0 Å². The van der Waals surface area contributed by atoms with Crippen LogP contribution in [0, 0.1) is 5.92 Å². The molecule has 0 aliphatic heterocycles.